The van der Waals surface area contributed by atoms with Gasteiger partial charge in [-0.1, -0.05) is 0 Å². The van der Waals surface area contributed by atoms with Gasteiger partial charge in [0.15, 0.2) is 0 Å². The molecule has 3 heteroatoms. The first kappa shape index (κ1) is 22.0. The van der Waals surface area contributed by atoms with Crippen LogP contribution in [-0.2, 0) is 9.53 Å². The first-order valence-corrected chi connectivity index (χ1v) is 16.9. The molecule has 0 rings (SSSR count). The molecule has 0 radical (unpaired) electrons. The van der Waals surface area contributed by atoms with Gasteiger partial charge in [-0.15, -0.1) is 0 Å². The molecule has 0 aliphatic heterocycles. The quantitative estimate of drug-likeness (QED) is 0.225. The minimum absolute atomic E-state index is 0.155. The number of rotatable bonds is 11. The molecule has 0 bridgehead atoms. The first-order valence-electron chi connectivity index (χ1n) is 9.21. The summed E-state index contributed by atoms with van der Waals surface area (Å²) < 4.78 is 12.0. The van der Waals surface area contributed by atoms with Crippen molar-refractivity contribution in [2.45, 2.75) is 99.0 Å². The fourth-order valence-corrected chi connectivity index (χ4v) is 16.8. The number of ether oxygens (including phenoxy) is 1. The zero-order valence-corrected chi connectivity index (χ0v) is 18.7. The number of unbranched alkanes of at least 4 members (excludes halogenated alkanes) is 3. The summed E-state index contributed by atoms with van der Waals surface area (Å²) in [6.07, 6.45) is 9.53. The van der Waals surface area contributed by atoms with Gasteiger partial charge in [-0.3, -0.25) is 0 Å². The average Bonchev–Trinajstić information content (AvgIpc) is 2.44. The molecule has 0 saturated carbocycles. The fourth-order valence-electron chi connectivity index (χ4n) is 2.79. The van der Waals surface area contributed by atoms with Crippen LogP contribution in [0.5, 0.6) is 0 Å². The summed E-state index contributed by atoms with van der Waals surface area (Å²) in [6.45, 7) is 12.6. The first-order chi connectivity index (χ1) is 10.3. The van der Waals surface area contributed by atoms with Gasteiger partial charge in [-0.25, -0.2) is 0 Å². The molecule has 0 aromatic rings. The summed E-state index contributed by atoms with van der Waals surface area (Å²) in [5, 5.41) is 0. The predicted molar refractivity (Wildman–Crippen MR) is 99.9 cm³/mol. The van der Waals surface area contributed by atoms with Gasteiger partial charge in [-0.05, 0) is 0 Å². The van der Waals surface area contributed by atoms with Crippen molar-refractivity contribution in [3.05, 3.63) is 10.2 Å². The van der Waals surface area contributed by atoms with Gasteiger partial charge in [0.05, 0.1) is 0 Å². The molecule has 0 aliphatic carbocycles. The van der Waals surface area contributed by atoms with Crippen molar-refractivity contribution >= 4 is 24.3 Å². The SMILES string of the molecule is CCC[CH2][Sn](/[CH]=C/C(=O)OC(C)(C)C)([CH2]CCC)[CH2]CCC. The van der Waals surface area contributed by atoms with E-state index in [1.165, 1.54) is 51.8 Å². The molecule has 0 aromatic carbocycles. The Kier molecular flexibility index (Phi) is 11.5. The molecule has 0 atom stereocenters. The van der Waals surface area contributed by atoms with Gasteiger partial charge in [-0.2, -0.15) is 0 Å². The Morgan fingerprint density at radius 1 is 0.909 bits per heavy atom. The Bertz CT molecular complexity index is 307. The van der Waals surface area contributed by atoms with E-state index < -0.39 is 24.0 Å². The van der Waals surface area contributed by atoms with Gasteiger partial charge >= 0.3 is 143 Å². The summed E-state index contributed by atoms with van der Waals surface area (Å²) in [5.74, 6) is -0.155. The van der Waals surface area contributed by atoms with Crippen LogP contribution in [0.2, 0.25) is 13.3 Å². The molecule has 0 aromatic heterocycles. The van der Waals surface area contributed by atoms with Crippen LogP contribution in [0.15, 0.2) is 10.2 Å². The maximum atomic E-state index is 12.1. The summed E-state index contributed by atoms with van der Waals surface area (Å²) in [6, 6.07) is 0. The standard InChI is InChI=1S/C7H11O2.3C4H9.Sn/c1-5-6(8)9-7(2,3)4;3*1-3-4-2;/h1,5H,2-4H3;3*1,3-4H2,2H3;. The van der Waals surface area contributed by atoms with Crippen molar-refractivity contribution in [3.63, 3.8) is 0 Å². The second-order valence-corrected chi connectivity index (χ2v) is 20.5. The van der Waals surface area contributed by atoms with Crippen molar-refractivity contribution in [1.29, 1.82) is 0 Å². The summed E-state index contributed by atoms with van der Waals surface area (Å²) in [4.78, 5) is 12.1. The van der Waals surface area contributed by atoms with E-state index >= 15 is 0 Å². The van der Waals surface area contributed by atoms with E-state index in [1.807, 2.05) is 20.8 Å². The van der Waals surface area contributed by atoms with Crippen LogP contribution in [0.25, 0.3) is 0 Å². The van der Waals surface area contributed by atoms with E-state index in [0.29, 0.717) is 0 Å². The van der Waals surface area contributed by atoms with E-state index in [0.717, 1.165) is 0 Å². The molecule has 0 amide bonds. The fraction of sp³-hybridized carbons (Fsp3) is 0.842. The zero-order chi connectivity index (χ0) is 17.1. The van der Waals surface area contributed by atoms with Gasteiger partial charge in [0.25, 0.3) is 0 Å². The average molecular weight is 417 g/mol. The molecular weight excluding hydrogens is 379 g/mol. The van der Waals surface area contributed by atoms with Gasteiger partial charge in [0, 0.05) is 0 Å². The third-order valence-electron chi connectivity index (χ3n) is 4.06. The Labute approximate surface area is 143 Å². The van der Waals surface area contributed by atoms with Crippen LogP contribution >= 0.6 is 0 Å². The predicted octanol–water partition coefficient (Wildman–Crippen LogP) is 6.27. The van der Waals surface area contributed by atoms with E-state index in [9.17, 15) is 4.79 Å². The van der Waals surface area contributed by atoms with Crippen LogP contribution in [-0.4, -0.2) is 29.9 Å². The number of esters is 1. The van der Waals surface area contributed by atoms with Crippen LogP contribution in [0, 0.1) is 0 Å². The number of carbonyl (C=O) groups is 1. The van der Waals surface area contributed by atoms with Crippen LogP contribution in [0.4, 0.5) is 0 Å². The second-order valence-electron chi connectivity index (χ2n) is 7.54. The van der Waals surface area contributed by atoms with Crippen LogP contribution < -0.4 is 0 Å². The van der Waals surface area contributed by atoms with Crippen molar-refractivity contribution in [2.24, 2.45) is 0 Å². The molecule has 0 aliphatic rings. The maximum absolute atomic E-state index is 12.1. The summed E-state index contributed by atoms with van der Waals surface area (Å²) >= 11 is -2.33. The van der Waals surface area contributed by atoms with Crippen molar-refractivity contribution in [3.8, 4) is 0 Å². The van der Waals surface area contributed by atoms with Crippen molar-refractivity contribution < 1.29 is 9.53 Å². The zero-order valence-electron chi connectivity index (χ0n) is 15.8. The van der Waals surface area contributed by atoms with Crippen molar-refractivity contribution in [2.75, 3.05) is 0 Å². The van der Waals surface area contributed by atoms with E-state index in [2.05, 4.69) is 24.9 Å². The third kappa shape index (κ3) is 10.7. The number of hydrogen-bond donors (Lipinski definition) is 0. The molecule has 0 unspecified atom stereocenters. The van der Waals surface area contributed by atoms with E-state index in [4.69, 9.17) is 4.74 Å². The Morgan fingerprint density at radius 2 is 1.32 bits per heavy atom. The van der Waals surface area contributed by atoms with Crippen LogP contribution in [0.1, 0.15) is 80.1 Å². The van der Waals surface area contributed by atoms with Crippen LogP contribution in [0.3, 0.4) is 0 Å². The molecule has 0 N–H and O–H groups in total. The Balaban J connectivity index is 5.01. The minimum atomic E-state index is -2.33. The molecule has 2 nitrogen and oxygen atoms in total. The van der Waals surface area contributed by atoms with E-state index in [-0.39, 0.29) is 5.97 Å². The van der Waals surface area contributed by atoms with Crippen molar-refractivity contribution in [1.82, 2.24) is 0 Å². The number of hydrogen-bond acceptors (Lipinski definition) is 2. The topological polar surface area (TPSA) is 26.3 Å². The Morgan fingerprint density at radius 3 is 1.64 bits per heavy atom. The second kappa shape index (κ2) is 11.5. The molecule has 0 spiro atoms. The summed E-state index contributed by atoms with van der Waals surface area (Å²) in [7, 11) is 0. The number of carbonyl (C=O) groups excluding carboxylic acids is 1. The third-order valence-corrected chi connectivity index (χ3v) is 18.1. The molecule has 0 saturated heterocycles. The van der Waals surface area contributed by atoms with Gasteiger partial charge in [0.2, 0.25) is 0 Å². The molecular formula is C19H38O2Sn. The van der Waals surface area contributed by atoms with E-state index in [1.54, 1.807) is 6.08 Å². The molecule has 0 heterocycles. The van der Waals surface area contributed by atoms with Gasteiger partial charge in [0.1, 0.15) is 0 Å². The normalized spacial score (nSPS) is 12.8. The molecule has 0 fully saturated rings. The monoisotopic (exact) mass is 418 g/mol. The summed E-state index contributed by atoms with van der Waals surface area (Å²) in [5.41, 5.74) is -0.393. The van der Waals surface area contributed by atoms with Gasteiger partial charge < -0.3 is 0 Å². The Hall–Kier alpha value is 0.00870. The molecule has 22 heavy (non-hydrogen) atoms. The molecule has 130 valence electrons.